The van der Waals surface area contributed by atoms with Gasteiger partial charge in [-0.3, -0.25) is 4.79 Å². The van der Waals surface area contributed by atoms with E-state index in [0.29, 0.717) is 29.4 Å². The Balaban J connectivity index is 2.17. The fourth-order valence-electron chi connectivity index (χ4n) is 2.79. The Hall–Kier alpha value is -0.680. The number of hydrogen-bond acceptors (Lipinski definition) is 4. The number of hydrogen-bond donors (Lipinski definition) is 1. The number of anilines is 1. The number of nitrogens with zero attached hydrogens (tertiary/aromatic N) is 2. The molecule has 1 heterocycles. The zero-order valence-electron chi connectivity index (χ0n) is 12.9. The van der Waals surface area contributed by atoms with Gasteiger partial charge in [-0.25, -0.2) is 4.68 Å². The van der Waals surface area contributed by atoms with E-state index in [4.69, 9.17) is 11.6 Å². The maximum atomic E-state index is 12.2. The third-order valence-corrected chi connectivity index (χ3v) is 5.40. The van der Waals surface area contributed by atoms with Gasteiger partial charge in [0.05, 0.1) is 11.9 Å². The third-order valence-electron chi connectivity index (χ3n) is 3.87. The smallest absolute Gasteiger partial charge is 0.287 e. The average Bonchev–Trinajstić information content (AvgIpc) is 2.47. The summed E-state index contributed by atoms with van der Waals surface area (Å²) in [7, 11) is 0. The lowest BCUT2D eigenvalue weighted by molar-refractivity contribution is 0.461. The predicted molar refractivity (Wildman–Crippen MR) is 91.5 cm³/mol. The summed E-state index contributed by atoms with van der Waals surface area (Å²) in [5.74, 6) is 0.365. The molecule has 1 aromatic rings. The van der Waals surface area contributed by atoms with Gasteiger partial charge >= 0.3 is 0 Å². The first-order valence-corrected chi connectivity index (χ1v) is 9.24. The molecule has 0 aromatic carbocycles. The molecule has 2 atom stereocenters. The number of aromatic nitrogens is 2. The summed E-state index contributed by atoms with van der Waals surface area (Å²) in [6.07, 6.45) is 8.68. The second-order valence-corrected chi connectivity index (χ2v) is 7.52. The van der Waals surface area contributed by atoms with Gasteiger partial charge in [-0.2, -0.15) is 16.9 Å². The van der Waals surface area contributed by atoms with E-state index < -0.39 is 0 Å². The number of nitrogens with one attached hydrogen (secondary N) is 1. The summed E-state index contributed by atoms with van der Waals surface area (Å²) in [5, 5.41) is 8.53. The summed E-state index contributed by atoms with van der Waals surface area (Å²) in [6, 6.07) is 0.369. The van der Waals surface area contributed by atoms with Crippen molar-refractivity contribution in [2.45, 2.75) is 57.4 Å². The van der Waals surface area contributed by atoms with Gasteiger partial charge in [0.2, 0.25) is 0 Å². The molecule has 4 nitrogen and oxygen atoms in total. The fourth-order valence-corrected chi connectivity index (χ4v) is 3.92. The van der Waals surface area contributed by atoms with Crippen molar-refractivity contribution in [3.05, 3.63) is 21.6 Å². The second-order valence-electron chi connectivity index (χ2n) is 6.06. The van der Waals surface area contributed by atoms with Crippen molar-refractivity contribution >= 4 is 29.1 Å². The summed E-state index contributed by atoms with van der Waals surface area (Å²) >= 11 is 8.13. The Kier molecular flexibility index (Phi) is 5.99. The zero-order chi connectivity index (χ0) is 15.4. The molecule has 21 heavy (non-hydrogen) atoms. The first-order chi connectivity index (χ1) is 10.0. The molecule has 1 N–H and O–H groups in total. The molecule has 2 rings (SSSR count). The van der Waals surface area contributed by atoms with Gasteiger partial charge in [-0.15, -0.1) is 0 Å². The molecule has 0 spiro atoms. The number of rotatable bonds is 5. The van der Waals surface area contributed by atoms with Gasteiger partial charge < -0.3 is 5.32 Å². The van der Waals surface area contributed by atoms with Crippen LogP contribution in [0, 0.1) is 5.92 Å². The number of halogens is 1. The van der Waals surface area contributed by atoms with E-state index >= 15 is 0 Å². The molecule has 1 aliphatic carbocycles. The Labute approximate surface area is 135 Å². The van der Waals surface area contributed by atoms with Gasteiger partial charge in [-0.05, 0) is 25.0 Å². The molecule has 6 heteroatoms. The van der Waals surface area contributed by atoms with Crippen LogP contribution in [0.5, 0.6) is 0 Å². The highest BCUT2D eigenvalue weighted by molar-refractivity contribution is 7.99. The molecule has 1 aliphatic rings. The van der Waals surface area contributed by atoms with Crippen LogP contribution in [0.1, 0.15) is 39.5 Å². The van der Waals surface area contributed by atoms with Crippen LogP contribution in [0.2, 0.25) is 5.02 Å². The van der Waals surface area contributed by atoms with Crippen LogP contribution in [-0.2, 0) is 6.54 Å². The third kappa shape index (κ3) is 4.16. The molecular weight excluding hydrogens is 306 g/mol. The van der Waals surface area contributed by atoms with Crippen LogP contribution in [0.25, 0.3) is 0 Å². The number of thioether (sulfide) groups is 1. The normalized spacial score (nSPS) is 22.5. The predicted octanol–water partition coefficient (Wildman–Crippen LogP) is 3.64. The molecule has 118 valence electrons. The maximum Gasteiger partial charge on any atom is 0.287 e. The first kappa shape index (κ1) is 16.7. The van der Waals surface area contributed by atoms with Gasteiger partial charge in [0.25, 0.3) is 5.56 Å². The van der Waals surface area contributed by atoms with E-state index in [1.54, 1.807) is 6.20 Å². The van der Waals surface area contributed by atoms with Gasteiger partial charge in [0.15, 0.2) is 0 Å². The minimum absolute atomic E-state index is 0.202. The highest BCUT2D eigenvalue weighted by Crippen LogP contribution is 2.30. The standard InChI is InChI=1S/C15H24ClN3OS/c1-10(2)9-19-15(20)14(16)12(8-17-19)18-11-6-4-5-7-13(11)21-3/h8,10-11,13,18H,4-7,9H2,1-3H3. The van der Waals surface area contributed by atoms with Crippen LogP contribution in [0.15, 0.2) is 11.0 Å². The van der Waals surface area contributed by atoms with Crippen molar-refractivity contribution in [2.24, 2.45) is 5.92 Å². The lowest BCUT2D eigenvalue weighted by atomic mass is 9.95. The Morgan fingerprint density at radius 2 is 2.19 bits per heavy atom. The van der Waals surface area contributed by atoms with E-state index in [1.165, 1.54) is 23.9 Å². The van der Waals surface area contributed by atoms with Crippen LogP contribution in [0.3, 0.4) is 0 Å². The van der Waals surface area contributed by atoms with Crippen LogP contribution in [-0.4, -0.2) is 27.3 Å². The fraction of sp³-hybridized carbons (Fsp3) is 0.733. The minimum atomic E-state index is -0.202. The van der Waals surface area contributed by atoms with E-state index in [0.717, 1.165) is 6.42 Å². The molecule has 0 saturated heterocycles. The van der Waals surface area contributed by atoms with Crippen molar-refractivity contribution < 1.29 is 0 Å². The molecular formula is C15H24ClN3OS. The summed E-state index contributed by atoms with van der Waals surface area (Å²) in [5.41, 5.74) is 0.472. The average molecular weight is 330 g/mol. The van der Waals surface area contributed by atoms with Crippen molar-refractivity contribution in [1.29, 1.82) is 0 Å². The minimum Gasteiger partial charge on any atom is -0.379 e. The monoisotopic (exact) mass is 329 g/mol. The van der Waals surface area contributed by atoms with E-state index in [9.17, 15) is 4.79 Å². The summed E-state index contributed by atoms with van der Waals surface area (Å²) in [4.78, 5) is 12.2. The summed E-state index contributed by atoms with van der Waals surface area (Å²) < 4.78 is 1.45. The lowest BCUT2D eigenvalue weighted by Crippen LogP contribution is -2.35. The van der Waals surface area contributed by atoms with Crippen LogP contribution < -0.4 is 10.9 Å². The highest BCUT2D eigenvalue weighted by atomic mass is 35.5. The Morgan fingerprint density at radius 1 is 1.48 bits per heavy atom. The zero-order valence-corrected chi connectivity index (χ0v) is 14.5. The Bertz CT molecular complexity index is 532. The van der Waals surface area contributed by atoms with Crippen molar-refractivity contribution in [1.82, 2.24) is 9.78 Å². The maximum absolute atomic E-state index is 12.2. The highest BCUT2D eigenvalue weighted by Gasteiger charge is 2.25. The SMILES string of the molecule is CSC1CCCCC1Nc1cnn(CC(C)C)c(=O)c1Cl. The summed E-state index contributed by atoms with van der Waals surface area (Å²) in [6.45, 7) is 4.70. The molecule has 1 aromatic heterocycles. The van der Waals surface area contributed by atoms with E-state index in [-0.39, 0.29) is 10.6 Å². The van der Waals surface area contributed by atoms with Crippen molar-refractivity contribution in [3.8, 4) is 0 Å². The molecule has 0 bridgehead atoms. The van der Waals surface area contributed by atoms with Crippen LogP contribution in [0.4, 0.5) is 5.69 Å². The van der Waals surface area contributed by atoms with Gasteiger partial charge in [0.1, 0.15) is 5.02 Å². The molecule has 0 aliphatic heterocycles. The van der Waals surface area contributed by atoms with E-state index in [2.05, 4.69) is 30.5 Å². The molecule has 2 unspecified atom stereocenters. The second kappa shape index (κ2) is 7.54. The molecule has 0 radical (unpaired) electrons. The molecule has 1 fully saturated rings. The van der Waals surface area contributed by atoms with Crippen LogP contribution >= 0.6 is 23.4 Å². The first-order valence-electron chi connectivity index (χ1n) is 7.58. The quantitative estimate of drug-likeness (QED) is 0.896. The van der Waals surface area contributed by atoms with Gasteiger partial charge in [-0.1, -0.05) is 38.3 Å². The van der Waals surface area contributed by atoms with Crippen molar-refractivity contribution in [2.75, 3.05) is 11.6 Å². The van der Waals surface area contributed by atoms with E-state index in [1.807, 2.05) is 11.8 Å². The van der Waals surface area contributed by atoms with Gasteiger partial charge in [0, 0.05) is 17.8 Å². The largest absolute Gasteiger partial charge is 0.379 e. The van der Waals surface area contributed by atoms with Crippen molar-refractivity contribution in [3.63, 3.8) is 0 Å². The molecule has 0 amide bonds. The topological polar surface area (TPSA) is 46.9 Å². The lowest BCUT2D eigenvalue weighted by Gasteiger charge is -2.31. The Morgan fingerprint density at radius 3 is 2.86 bits per heavy atom. The molecule has 1 saturated carbocycles.